The summed E-state index contributed by atoms with van der Waals surface area (Å²) in [5, 5.41) is 6.93. The van der Waals surface area contributed by atoms with Crippen LogP contribution in [0.4, 0.5) is 5.95 Å². The van der Waals surface area contributed by atoms with Gasteiger partial charge in [0.05, 0.1) is 25.3 Å². The molecule has 3 heterocycles. The third kappa shape index (κ3) is 4.11. The number of morpholine rings is 1. The molecule has 2 aromatic rings. The molecule has 1 N–H and O–H groups in total. The summed E-state index contributed by atoms with van der Waals surface area (Å²) in [7, 11) is 0. The Morgan fingerprint density at radius 3 is 2.96 bits per heavy atom. The minimum absolute atomic E-state index is 0.0203. The summed E-state index contributed by atoms with van der Waals surface area (Å²) in [5.74, 6) is 0.210. The van der Waals surface area contributed by atoms with Gasteiger partial charge in [-0.3, -0.25) is 19.7 Å². The topological polar surface area (TPSA) is 85.2 Å². The highest BCUT2D eigenvalue weighted by atomic mass is 16.5. The molecule has 0 spiro atoms. The van der Waals surface area contributed by atoms with E-state index in [0.717, 1.165) is 6.54 Å². The molecule has 0 aliphatic carbocycles. The second-order valence-electron chi connectivity index (χ2n) is 5.45. The van der Waals surface area contributed by atoms with Gasteiger partial charge in [-0.05, 0) is 19.1 Å². The first-order valence-corrected chi connectivity index (χ1v) is 7.63. The third-order valence-corrected chi connectivity index (χ3v) is 3.85. The van der Waals surface area contributed by atoms with E-state index in [4.69, 9.17) is 4.74 Å². The van der Waals surface area contributed by atoms with Crippen LogP contribution >= 0.6 is 0 Å². The smallest absolute Gasteiger partial charge is 0.243 e. The highest BCUT2D eigenvalue weighted by Gasteiger charge is 2.28. The van der Waals surface area contributed by atoms with Crippen LogP contribution in [0, 0.1) is 0 Å². The monoisotopic (exact) mass is 316 g/mol. The van der Waals surface area contributed by atoms with Crippen LogP contribution in [0.3, 0.4) is 0 Å². The Labute approximate surface area is 134 Å². The van der Waals surface area contributed by atoms with Crippen molar-refractivity contribution in [2.24, 2.45) is 0 Å². The number of hydrogen-bond acceptors (Lipinski definition) is 6. The van der Waals surface area contributed by atoms with Crippen molar-refractivity contribution < 1.29 is 9.53 Å². The van der Waals surface area contributed by atoms with Crippen LogP contribution in [0.5, 0.6) is 0 Å². The zero-order valence-electron chi connectivity index (χ0n) is 13.0. The molecule has 0 saturated carbocycles. The van der Waals surface area contributed by atoms with Crippen molar-refractivity contribution in [3.63, 3.8) is 0 Å². The lowest BCUT2D eigenvalue weighted by Crippen LogP contribution is -2.51. The number of carbonyl (C=O) groups is 1. The summed E-state index contributed by atoms with van der Waals surface area (Å²) in [4.78, 5) is 22.5. The zero-order chi connectivity index (χ0) is 16.1. The first-order valence-electron chi connectivity index (χ1n) is 7.63. The lowest BCUT2D eigenvalue weighted by molar-refractivity contribution is -0.124. The molecule has 8 nitrogen and oxygen atoms in total. The summed E-state index contributed by atoms with van der Waals surface area (Å²) in [5.41, 5.74) is 0. The van der Waals surface area contributed by atoms with Gasteiger partial charge in [-0.25, -0.2) is 9.97 Å². The van der Waals surface area contributed by atoms with Gasteiger partial charge in [-0.1, -0.05) is 0 Å². The normalized spacial score (nSPS) is 20.1. The van der Waals surface area contributed by atoms with E-state index in [1.807, 2.05) is 23.9 Å². The molecule has 0 unspecified atom stereocenters. The Bertz CT molecular complexity index is 618. The van der Waals surface area contributed by atoms with Gasteiger partial charge < -0.3 is 4.74 Å². The van der Waals surface area contributed by atoms with Gasteiger partial charge >= 0.3 is 0 Å². The van der Waals surface area contributed by atoms with Crippen molar-refractivity contribution in [1.29, 1.82) is 0 Å². The van der Waals surface area contributed by atoms with Gasteiger partial charge in [0.1, 0.15) is 0 Å². The number of nitrogens with zero attached hydrogens (tertiary/aromatic N) is 5. The van der Waals surface area contributed by atoms with Crippen LogP contribution in [0.2, 0.25) is 0 Å². The minimum Gasteiger partial charge on any atom is -0.374 e. The fraction of sp³-hybridized carbons (Fsp3) is 0.467. The predicted octanol–water partition coefficient (Wildman–Crippen LogP) is 0.401. The van der Waals surface area contributed by atoms with Crippen molar-refractivity contribution in [3.8, 4) is 0 Å². The van der Waals surface area contributed by atoms with E-state index in [1.165, 1.54) is 0 Å². The largest absolute Gasteiger partial charge is 0.374 e. The van der Waals surface area contributed by atoms with Crippen LogP contribution in [-0.2, 0) is 16.1 Å². The summed E-state index contributed by atoms with van der Waals surface area (Å²) < 4.78 is 7.61. The number of nitrogens with one attached hydrogen (secondary N) is 1. The number of aromatic nitrogens is 4. The third-order valence-electron chi connectivity index (χ3n) is 3.85. The van der Waals surface area contributed by atoms with Gasteiger partial charge in [0, 0.05) is 37.9 Å². The van der Waals surface area contributed by atoms with E-state index < -0.39 is 0 Å². The molecule has 23 heavy (non-hydrogen) atoms. The van der Waals surface area contributed by atoms with Crippen molar-refractivity contribution >= 4 is 11.9 Å². The number of carbonyl (C=O) groups excluding carboxylic acids is 1. The SMILES string of the molecule is C[C@@H](C(=O)Nc1ncccn1)N1CCO[C@H](Cn2cccn2)C1. The number of rotatable bonds is 5. The highest BCUT2D eigenvalue weighted by molar-refractivity contribution is 5.93. The van der Waals surface area contributed by atoms with Gasteiger partial charge in [0.15, 0.2) is 0 Å². The van der Waals surface area contributed by atoms with Gasteiger partial charge in [-0.2, -0.15) is 5.10 Å². The second kappa shape index (κ2) is 7.30. The average Bonchev–Trinajstić information content (AvgIpc) is 3.08. The lowest BCUT2D eigenvalue weighted by Gasteiger charge is -2.35. The summed E-state index contributed by atoms with van der Waals surface area (Å²) >= 11 is 0. The molecule has 1 amide bonds. The molecule has 1 fully saturated rings. The van der Waals surface area contributed by atoms with E-state index in [0.29, 0.717) is 25.6 Å². The standard InChI is InChI=1S/C15H20N6O2/c1-12(14(22)19-15-16-4-2-5-17-15)20-8-9-23-13(10-20)11-21-7-3-6-18-21/h2-7,12-13H,8-11H2,1H3,(H,16,17,19,22)/t12-,13-/m0/s1. The fourth-order valence-electron chi connectivity index (χ4n) is 2.57. The molecule has 1 saturated heterocycles. The maximum absolute atomic E-state index is 12.3. The summed E-state index contributed by atoms with van der Waals surface area (Å²) in [6, 6.07) is 3.32. The molecule has 0 aromatic carbocycles. The first kappa shape index (κ1) is 15.6. The predicted molar refractivity (Wildman–Crippen MR) is 83.7 cm³/mol. The van der Waals surface area contributed by atoms with Crippen LogP contribution < -0.4 is 5.32 Å². The fourth-order valence-corrected chi connectivity index (χ4v) is 2.57. The van der Waals surface area contributed by atoms with Gasteiger partial charge in [-0.15, -0.1) is 0 Å². The maximum atomic E-state index is 12.3. The van der Waals surface area contributed by atoms with E-state index in [-0.39, 0.29) is 18.1 Å². The van der Waals surface area contributed by atoms with Crippen LogP contribution in [0.25, 0.3) is 0 Å². The van der Waals surface area contributed by atoms with Crippen LogP contribution in [0.1, 0.15) is 6.92 Å². The summed E-state index contributed by atoms with van der Waals surface area (Å²) in [6.07, 6.45) is 6.87. The molecule has 8 heteroatoms. The van der Waals surface area contributed by atoms with E-state index in [1.54, 1.807) is 24.7 Å². The molecule has 0 bridgehead atoms. The highest BCUT2D eigenvalue weighted by Crippen LogP contribution is 2.12. The van der Waals surface area contributed by atoms with Crippen LogP contribution in [-0.4, -0.2) is 62.4 Å². The minimum atomic E-state index is -0.275. The quantitative estimate of drug-likeness (QED) is 0.859. The van der Waals surface area contributed by atoms with Gasteiger partial charge in [0.2, 0.25) is 11.9 Å². The Kier molecular flexibility index (Phi) is 4.94. The Balaban J connectivity index is 1.55. The molecule has 3 rings (SSSR count). The number of amides is 1. The lowest BCUT2D eigenvalue weighted by atomic mass is 10.2. The molecular formula is C15H20N6O2. The molecule has 1 aliphatic heterocycles. The first-order chi connectivity index (χ1) is 11.2. The molecule has 1 aliphatic rings. The van der Waals surface area contributed by atoms with Crippen molar-refractivity contribution in [3.05, 3.63) is 36.9 Å². The molecular weight excluding hydrogens is 296 g/mol. The number of anilines is 1. The van der Waals surface area contributed by atoms with E-state index in [9.17, 15) is 4.79 Å². The molecule has 122 valence electrons. The number of ether oxygens (including phenoxy) is 1. The zero-order valence-corrected chi connectivity index (χ0v) is 13.0. The van der Waals surface area contributed by atoms with Crippen molar-refractivity contribution in [2.75, 3.05) is 25.0 Å². The van der Waals surface area contributed by atoms with E-state index in [2.05, 4.69) is 25.3 Å². The second-order valence-corrected chi connectivity index (χ2v) is 5.45. The molecule has 2 atom stereocenters. The van der Waals surface area contributed by atoms with Gasteiger partial charge in [0.25, 0.3) is 0 Å². The Morgan fingerprint density at radius 2 is 2.22 bits per heavy atom. The van der Waals surface area contributed by atoms with E-state index >= 15 is 0 Å². The van der Waals surface area contributed by atoms with Crippen LogP contribution in [0.15, 0.2) is 36.9 Å². The Hall–Kier alpha value is -2.32. The van der Waals surface area contributed by atoms with Crippen molar-refractivity contribution in [1.82, 2.24) is 24.6 Å². The molecule has 2 aromatic heterocycles. The summed E-state index contributed by atoms with van der Waals surface area (Å²) in [6.45, 7) is 4.57. The van der Waals surface area contributed by atoms with Crippen molar-refractivity contribution in [2.45, 2.75) is 25.6 Å². The Morgan fingerprint density at radius 1 is 1.39 bits per heavy atom. The maximum Gasteiger partial charge on any atom is 0.243 e. The average molecular weight is 316 g/mol. The molecule has 0 radical (unpaired) electrons. The number of hydrogen-bond donors (Lipinski definition) is 1.